The molecule has 4 heteroatoms. The van der Waals surface area contributed by atoms with Gasteiger partial charge >= 0.3 is 0 Å². The van der Waals surface area contributed by atoms with Gasteiger partial charge in [-0.25, -0.2) is 4.98 Å². The molecule has 0 unspecified atom stereocenters. The fraction of sp³-hybridized carbons (Fsp3) is 0.500. The quantitative estimate of drug-likeness (QED) is 0.777. The van der Waals surface area contributed by atoms with Gasteiger partial charge in [-0.2, -0.15) is 0 Å². The van der Waals surface area contributed by atoms with Gasteiger partial charge < -0.3 is 5.73 Å². The zero-order chi connectivity index (χ0) is 10.1. The summed E-state index contributed by atoms with van der Waals surface area (Å²) in [7, 11) is 0. The molecule has 1 saturated carbocycles. The molecule has 2 N–H and O–H groups in total. The van der Waals surface area contributed by atoms with Gasteiger partial charge in [0.05, 0.1) is 11.9 Å². The lowest BCUT2D eigenvalue weighted by Gasteiger charge is -2.08. The Morgan fingerprint density at radius 2 is 2.21 bits per heavy atom. The largest absolute Gasteiger partial charge is 0.364 e. The molecule has 1 aliphatic rings. The molecule has 1 amide bonds. The fourth-order valence-electron chi connectivity index (χ4n) is 1.54. The lowest BCUT2D eigenvalue weighted by Crippen LogP contribution is -2.14. The van der Waals surface area contributed by atoms with Crippen molar-refractivity contribution in [2.75, 3.05) is 0 Å². The number of nitrogens with zero attached hydrogens (tertiary/aromatic N) is 2. The summed E-state index contributed by atoms with van der Waals surface area (Å²) in [5.74, 6) is 0.677. The molecular formula is C10H13N3O. The molecule has 1 heterocycles. The number of rotatable bonds is 3. The first-order valence-corrected chi connectivity index (χ1v) is 4.80. The third-order valence-corrected chi connectivity index (χ3v) is 2.72. The van der Waals surface area contributed by atoms with Crippen molar-refractivity contribution in [3.05, 3.63) is 23.8 Å². The van der Waals surface area contributed by atoms with Crippen LogP contribution in [0.15, 0.2) is 12.4 Å². The second-order valence-electron chi connectivity index (χ2n) is 3.82. The molecule has 1 aliphatic carbocycles. The highest BCUT2D eigenvalue weighted by atomic mass is 16.1. The average molecular weight is 191 g/mol. The zero-order valence-corrected chi connectivity index (χ0v) is 8.10. The summed E-state index contributed by atoms with van der Waals surface area (Å²) in [4.78, 5) is 18.9. The van der Waals surface area contributed by atoms with E-state index in [9.17, 15) is 4.79 Å². The van der Waals surface area contributed by atoms with E-state index in [2.05, 4.69) is 16.9 Å². The Balaban J connectivity index is 2.16. The van der Waals surface area contributed by atoms with E-state index >= 15 is 0 Å². The topological polar surface area (TPSA) is 68.9 Å². The first kappa shape index (κ1) is 9.12. The number of carbonyl (C=O) groups is 1. The SMILES string of the molecule is C[C@H](c1cnc(C(N)=O)cn1)C1CC1. The third-order valence-electron chi connectivity index (χ3n) is 2.72. The molecule has 74 valence electrons. The molecule has 2 rings (SSSR count). The van der Waals surface area contributed by atoms with E-state index in [0.717, 1.165) is 11.6 Å². The molecule has 4 nitrogen and oxygen atoms in total. The smallest absolute Gasteiger partial charge is 0.268 e. The maximum Gasteiger partial charge on any atom is 0.268 e. The number of hydrogen-bond donors (Lipinski definition) is 1. The van der Waals surface area contributed by atoms with E-state index in [1.165, 1.54) is 19.0 Å². The maximum absolute atomic E-state index is 10.7. The fourth-order valence-corrected chi connectivity index (χ4v) is 1.54. The molecule has 1 aromatic heterocycles. The van der Waals surface area contributed by atoms with Crippen LogP contribution >= 0.6 is 0 Å². The van der Waals surface area contributed by atoms with Gasteiger partial charge in [-0.3, -0.25) is 9.78 Å². The van der Waals surface area contributed by atoms with E-state index in [4.69, 9.17) is 5.73 Å². The summed E-state index contributed by atoms with van der Waals surface area (Å²) in [6.07, 6.45) is 5.67. The van der Waals surface area contributed by atoms with Crippen LogP contribution < -0.4 is 5.73 Å². The minimum atomic E-state index is -0.525. The van der Waals surface area contributed by atoms with E-state index in [0.29, 0.717) is 5.92 Å². The second kappa shape index (κ2) is 3.36. The van der Waals surface area contributed by atoms with Gasteiger partial charge in [0.15, 0.2) is 0 Å². The van der Waals surface area contributed by atoms with Crippen LogP contribution in [0.5, 0.6) is 0 Å². The van der Waals surface area contributed by atoms with Crippen LogP contribution in [0.25, 0.3) is 0 Å². The minimum Gasteiger partial charge on any atom is -0.364 e. The Morgan fingerprint density at radius 3 is 2.64 bits per heavy atom. The Hall–Kier alpha value is -1.45. The molecule has 0 aliphatic heterocycles. The average Bonchev–Trinajstić information content (AvgIpc) is 3.00. The standard InChI is InChI=1S/C10H13N3O/c1-6(7-2-3-7)8-4-13-9(5-12-8)10(11)14/h4-7H,2-3H2,1H3,(H2,11,14)/t6-/m0/s1. The van der Waals surface area contributed by atoms with Crippen LogP contribution in [0.1, 0.15) is 41.9 Å². The van der Waals surface area contributed by atoms with Crippen LogP contribution in [0.3, 0.4) is 0 Å². The monoisotopic (exact) mass is 191 g/mol. The Kier molecular flexibility index (Phi) is 2.19. The van der Waals surface area contributed by atoms with Crippen molar-refractivity contribution in [3.8, 4) is 0 Å². The highest BCUT2D eigenvalue weighted by Crippen LogP contribution is 2.41. The first-order valence-electron chi connectivity index (χ1n) is 4.80. The van der Waals surface area contributed by atoms with Crippen molar-refractivity contribution < 1.29 is 4.79 Å². The summed E-state index contributed by atoms with van der Waals surface area (Å²) in [5, 5.41) is 0. The number of primary amides is 1. The molecule has 0 bridgehead atoms. The predicted molar refractivity (Wildman–Crippen MR) is 51.7 cm³/mol. The van der Waals surface area contributed by atoms with Crippen LogP contribution in [0.4, 0.5) is 0 Å². The van der Waals surface area contributed by atoms with Gasteiger partial charge in [-0.1, -0.05) is 6.92 Å². The van der Waals surface area contributed by atoms with Crippen LogP contribution in [0.2, 0.25) is 0 Å². The van der Waals surface area contributed by atoms with Gasteiger partial charge in [0.1, 0.15) is 5.69 Å². The number of hydrogen-bond acceptors (Lipinski definition) is 3. The summed E-state index contributed by atoms with van der Waals surface area (Å²) in [5.41, 5.74) is 6.26. The Morgan fingerprint density at radius 1 is 1.50 bits per heavy atom. The van der Waals surface area contributed by atoms with Crippen molar-refractivity contribution in [1.82, 2.24) is 9.97 Å². The minimum absolute atomic E-state index is 0.233. The lowest BCUT2D eigenvalue weighted by atomic mass is 10.0. The number of carbonyl (C=O) groups excluding carboxylic acids is 1. The molecule has 0 saturated heterocycles. The van der Waals surface area contributed by atoms with Crippen molar-refractivity contribution >= 4 is 5.91 Å². The van der Waals surface area contributed by atoms with Crippen molar-refractivity contribution in [3.63, 3.8) is 0 Å². The first-order chi connectivity index (χ1) is 6.68. The van der Waals surface area contributed by atoms with Crippen molar-refractivity contribution in [2.24, 2.45) is 11.7 Å². The normalized spacial score (nSPS) is 17.8. The van der Waals surface area contributed by atoms with Gasteiger partial charge in [0.2, 0.25) is 0 Å². The number of amides is 1. The van der Waals surface area contributed by atoms with Gasteiger partial charge in [0, 0.05) is 12.1 Å². The van der Waals surface area contributed by atoms with E-state index in [-0.39, 0.29) is 5.69 Å². The van der Waals surface area contributed by atoms with E-state index < -0.39 is 5.91 Å². The predicted octanol–water partition coefficient (Wildman–Crippen LogP) is 1.09. The molecule has 0 spiro atoms. The Bertz CT molecular complexity index is 343. The number of aromatic nitrogens is 2. The lowest BCUT2D eigenvalue weighted by molar-refractivity contribution is 0.0995. The van der Waals surface area contributed by atoms with Crippen LogP contribution in [-0.4, -0.2) is 15.9 Å². The molecule has 14 heavy (non-hydrogen) atoms. The number of nitrogens with two attached hydrogens (primary N) is 1. The van der Waals surface area contributed by atoms with Crippen molar-refractivity contribution in [1.29, 1.82) is 0 Å². The molecule has 1 aromatic rings. The van der Waals surface area contributed by atoms with Crippen molar-refractivity contribution in [2.45, 2.75) is 25.7 Å². The van der Waals surface area contributed by atoms with E-state index in [1.54, 1.807) is 6.20 Å². The summed E-state index contributed by atoms with van der Waals surface area (Å²) in [6, 6.07) is 0. The van der Waals surface area contributed by atoms with Gasteiger partial charge in [0.25, 0.3) is 5.91 Å². The van der Waals surface area contributed by atoms with Crippen LogP contribution in [-0.2, 0) is 0 Å². The van der Waals surface area contributed by atoms with E-state index in [1.807, 2.05) is 0 Å². The summed E-state index contributed by atoms with van der Waals surface area (Å²) >= 11 is 0. The molecule has 0 radical (unpaired) electrons. The van der Waals surface area contributed by atoms with Gasteiger partial charge in [-0.05, 0) is 18.8 Å². The second-order valence-corrected chi connectivity index (χ2v) is 3.82. The zero-order valence-electron chi connectivity index (χ0n) is 8.10. The highest BCUT2D eigenvalue weighted by molar-refractivity contribution is 5.90. The summed E-state index contributed by atoms with van der Waals surface area (Å²) < 4.78 is 0. The third kappa shape index (κ3) is 1.73. The molecule has 0 aromatic carbocycles. The molecular weight excluding hydrogens is 178 g/mol. The molecule has 1 atom stereocenters. The van der Waals surface area contributed by atoms with Crippen LogP contribution in [0, 0.1) is 5.92 Å². The maximum atomic E-state index is 10.7. The highest BCUT2D eigenvalue weighted by Gasteiger charge is 2.29. The summed E-state index contributed by atoms with van der Waals surface area (Å²) in [6.45, 7) is 2.14. The van der Waals surface area contributed by atoms with Gasteiger partial charge in [-0.15, -0.1) is 0 Å². The Labute approximate surface area is 82.6 Å². The molecule has 1 fully saturated rings.